The van der Waals surface area contributed by atoms with Gasteiger partial charge in [0, 0.05) is 31.4 Å². The zero-order valence-corrected chi connectivity index (χ0v) is 23.3. The number of hydrogen-bond donors (Lipinski definition) is 6. The number of nitrogens with zero attached hydrogens (tertiary/aromatic N) is 2. The third-order valence-corrected chi connectivity index (χ3v) is 6.36. The van der Waals surface area contributed by atoms with Gasteiger partial charge in [-0.3, -0.25) is 0 Å². The number of carboxylic acid groups (broad SMARTS) is 1. The molecule has 39 heavy (non-hydrogen) atoms. The van der Waals surface area contributed by atoms with Crippen LogP contribution in [-0.4, -0.2) is 63.0 Å². The summed E-state index contributed by atoms with van der Waals surface area (Å²) in [5, 5.41) is 30.1. The van der Waals surface area contributed by atoms with Gasteiger partial charge in [0.05, 0.1) is 24.9 Å². The maximum atomic E-state index is 14.6. The monoisotopic (exact) mass is 564 g/mol. The van der Waals surface area contributed by atoms with Gasteiger partial charge in [0.15, 0.2) is 0 Å². The normalized spacial score (nSPS) is 12.8. The molecule has 8 nitrogen and oxygen atoms in total. The van der Waals surface area contributed by atoms with Crippen molar-refractivity contribution in [3.8, 4) is 11.3 Å². The van der Waals surface area contributed by atoms with Crippen LogP contribution in [0.5, 0.6) is 0 Å². The molecular weight excluding hydrogens is 526 g/mol. The van der Waals surface area contributed by atoms with Crippen LogP contribution in [0.1, 0.15) is 38.2 Å². The number of benzene rings is 2. The van der Waals surface area contributed by atoms with Gasteiger partial charge in [0.2, 0.25) is 0 Å². The lowest BCUT2D eigenvalue weighted by Gasteiger charge is -2.33. The van der Waals surface area contributed by atoms with Crippen LogP contribution >= 0.6 is 12.6 Å². The van der Waals surface area contributed by atoms with Crippen molar-refractivity contribution in [2.45, 2.75) is 33.4 Å². The van der Waals surface area contributed by atoms with Crippen LogP contribution in [-0.2, 0) is 6.54 Å². The average Bonchev–Trinajstić information content (AvgIpc) is 3.30. The number of rotatable bonds is 11. The van der Waals surface area contributed by atoms with Gasteiger partial charge in [0.25, 0.3) is 0 Å². The van der Waals surface area contributed by atoms with Crippen LogP contribution in [0.4, 0.5) is 13.6 Å². The van der Waals surface area contributed by atoms with Crippen molar-refractivity contribution in [1.29, 1.82) is 0 Å². The van der Waals surface area contributed by atoms with Crippen LogP contribution < -0.4 is 10.6 Å². The first kappa shape index (κ1) is 32.2. The van der Waals surface area contributed by atoms with Crippen molar-refractivity contribution in [1.82, 2.24) is 20.2 Å². The quantitative estimate of drug-likeness (QED) is 0.193. The van der Waals surface area contributed by atoms with Crippen molar-refractivity contribution >= 4 is 18.7 Å². The van der Waals surface area contributed by atoms with Gasteiger partial charge >= 0.3 is 6.09 Å². The molecule has 2 aromatic carbocycles. The van der Waals surface area contributed by atoms with Crippen LogP contribution in [0.3, 0.4) is 0 Å². The maximum Gasteiger partial charge on any atom is 0.404 e. The lowest BCUT2D eigenvalue weighted by molar-refractivity contribution is 0.186. The van der Waals surface area contributed by atoms with Crippen molar-refractivity contribution in [3.05, 3.63) is 77.8 Å². The van der Waals surface area contributed by atoms with E-state index in [2.05, 4.69) is 44.0 Å². The van der Waals surface area contributed by atoms with Crippen molar-refractivity contribution in [2.24, 2.45) is 11.3 Å². The highest BCUT2D eigenvalue weighted by molar-refractivity contribution is 7.80. The van der Waals surface area contributed by atoms with E-state index >= 15 is 0 Å². The van der Waals surface area contributed by atoms with Crippen molar-refractivity contribution < 1.29 is 28.9 Å². The summed E-state index contributed by atoms with van der Waals surface area (Å²) >= 11 is 4.37. The largest absolute Gasteiger partial charge is 0.465 e. The second kappa shape index (κ2) is 15.6. The fourth-order valence-electron chi connectivity index (χ4n) is 3.89. The second-order valence-corrected chi connectivity index (χ2v) is 10.5. The van der Waals surface area contributed by atoms with Crippen LogP contribution in [0.2, 0.25) is 0 Å². The summed E-state index contributed by atoms with van der Waals surface area (Å²) in [5.74, 6) is 0.0506. The second-order valence-electron chi connectivity index (χ2n) is 10.1. The van der Waals surface area contributed by atoms with E-state index < -0.39 is 17.7 Å². The minimum absolute atomic E-state index is 0.0445. The molecule has 0 saturated carbocycles. The molecule has 5 N–H and O–H groups in total. The topological polar surface area (TPSA) is 120 Å². The molecule has 0 radical (unpaired) electrons. The Balaban J connectivity index is 0.00000124. The zero-order chi connectivity index (χ0) is 29.0. The lowest BCUT2D eigenvalue weighted by Crippen LogP contribution is -2.40. The highest BCUT2D eigenvalue weighted by Gasteiger charge is 2.31. The molecule has 0 aliphatic rings. The minimum atomic E-state index is -1.08. The van der Waals surface area contributed by atoms with E-state index in [4.69, 9.17) is 20.3 Å². The highest BCUT2D eigenvalue weighted by Crippen LogP contribution is 2.35. The number of aliphatic hydroxyl groups excluding tert-OH is 2. The highest BCUT2D eigenvalue weighted by atomic mass is 32.1. The smallest absolute Gasteiger partial charge is 0.404 e. The molecule has 2 atom stereocenters. The molecule has 0 aliphatic heterocycles. The average molecular weight is 565 g/mol. The Morgan fingerprint density at radius 2 is 1.74 bits per heavy atom. The Bertz CT molecular complexity index is 1170. The third kappa shape index (κ3) is 10.2. The Morgan fingerprint density at radius 3 is 2.31 bits per heavy atom. The molecule has 3 rings (SSSR count). The van der Waals surface area contributed by atoms with E-state index in [9.17, 15) is 13.6 Å². The SMILES string of the molecule is CC(C)(C)[C@@H](NCC(CS)CNC(=O)O)c1nc(-c2cc(F)ccc2F)cn1Cc1ccccc1.OCCO. The summed E-state index contributed by atoms with van der Waals surface area (Å²) in [6.07, 6.45) is 0.673. The van der Waals surface area contributed by atoms with E-state index in [-0.39, 0.29) is 42.7 Å². The minimum Gasteiger partial charge on any atom is -0.465 e. The van der Waals surface area contributed by atoms with E-state index in [0.29, 0.717) is 30.4 Å². The Kier molecular flexibility index (Phi) is 12.9. The summed E-state index contributed by atoms with van der Waals surface area (Å²) in [6, 6.07) is 12.9. The molecule has 0 spiro atoms. The predicted molar refractivity (Wildman–Crippen MR) is 151 cm³/mol. The van der Waals surface area contributed by atoms with Crippen molar-refractivity contribution in [3.63, 3.8) is 0 Å². The fraction of sp³-hybridized carbons (Fsp3) is 0.429. The predicted octanol–water partition coefficient (Wildman–Crippen LogP) is 4.34. The van der Waals surface area contributed by atoms with E-state index in [1.807, 2.05) is 34.9 Å². The number of halogens is 2. The summed E-state index contributed by atoms with van der Waals surface area (Å²) in [6.45, 7) is 7.22. The number of thiol groups is 1. The zero-order valence-electron chi connectivity index (χ0n) is 22.4. The van der Waals surface area contributed by atoms with Gasteiger partial charge < -0.3 is 30.5 Å². The molecule has 1 unspecified atom stereocenters. The molecule has 0 bridgehead atoms. The van der Waals surface area contributed by atoms with E-state index in [1.165, 1.54) is 0 Å². The van der Waals surface area contributed by atoms with Gasteiger partial charge in [-0.2, -0.15) is 12.6 Å². The van der Waals surface area contributed by atoms with Gasteiger partial charge in [-0.1, -0.05) is 51.1 Å². The molecule has 1 heterocycles. The van der Waals surface area contributed by atoms with E-state index in [1.54, 1.807) is 6.20 Å². The molecule has 0 fully saturated rings. The first-order valence-corrected chi connectivity index (χ1v) is 13.2. The number of aliphatic hydroxyl groups is 2. The van der Waals surface area contributed by atoms with Crippen LogP contribution in [0.25, 0.3) is 11.3 Å². The molecular formula is C28H38F2N4O4S. The lowest BCUT2D eigenvalue weighted by atomic mass is 9.85. The number of amides is 1. The molecule has 3 aromatic rings. The van der Waals surface area contributed by atoms with Crippen LogP contribution in [0.15, 0.2) is 54.7 Å². The third-order valence-electron chi connectivity index (χ3n) is 5.84. The summed E-state index contributed by atoms with van der Waals surface area (Å²) < 4.78 is 30.5. The number of aromatic nitrogens is 2. The molecule has 214 valence electrons. The number of hydrogen-bond acceptors (Lipinski definition) is 6. The first-order chi connectivity index (χ1) is 18.5. The molecule has 1 aromatic heterocycles. The molecule has 0 aliphatic carbocycles. The summed E-state index contributed by atoms with van der Waals surface area (Å²) in [5.41, 5.74) is 1.20. The van der Waals surface area contributed by atoms with Gasteiger partial charge in [-0.25, -0.2) is 18.6 Å². The fourth-order valence-corrected chi connectivity index (χ4v) is 4.15. The standard InChI is InChI=1S/C26H32F2N4O2S.C2H6O2/c1-26(2,3)23(29-12-18(16-35)13-30-25(33)34)24-31-22(20-11-19(27)9-10-21(20)28)15-32(24)14-17-7-5-4-6-8-17;3-1-2-4/h4-11,15,18,23,29-30,35H,12-14,16H2,1-3H3,(H,33,34);3-4H,1-2H2/t18?,23-;/m0./s1. The maximum absolute atomic E-state index is 14.6. The Morgan fingerprint density at radius 1 is 1.08 bits per heavy atom. The van der Waals surface area contributed by atoms with E-state index in [0.717, 1.165) is 23.8 Å². The molecule has 1 amide bonds. The molecule has 0 saturated heterocycles. The Labute approximate surface area is 233 Å². The summed E-state index contributed by atoms with van der Waals surface area (Å²) in [4.78, 5) is 15.7. The van der Waals surface area contributed by atoms with Gasteiger partial charge in [0.1, 0.15) is 17.5 Å². The van der Waals surface area contributed by atoms with Crippen LogP contribution in [0, 0.1) is 23.0 Å². The Hall–Kier alpha value is -2.99. The first-order valence-electron chi connectivity index (χ1n) is 12.6. The number of carbonyl (C=O) groups is 1. The summed E-state index contributed by atoms with van der Waals surface area (Å²) in [7, 11) is 0. The molecule has 11 heteroatoms. The number of imidazole rings is 1. The number of nitrogens with one attached hydrogen (secondary N) is 2. The van der Waals surface area contributed by atoms with Gasteiger partial charge in [-0.15, -0.1) is 0 Å². The van der Waals surface area contributed by atoms with Gasteiger partial charge in [-0.05, 0) is 40.8 Å². The van der Waals surface area contributed by atoms with Crippen molar-refractivity contribution in [2.75, 3.05) is 32.1 Å².